The highest BCUT2D eigenvalue weighted by Crippen LogP contribution is 2.43. The van der Waals surface area contributed by atoms with Gasteiger partial charge in [0.1, 0.15) is 6.07 Å². The lowest BCUT2D eigenvalue weighted by Gasteiger charge is -2.37. The zero-order valence-electron chi connectivity index (χ0n) is 20.4. The number of rotatable bonds is 3. The van der Waals surface area contributed by atoms with Gasteiger partial charge in [-0.05, 0) is 56.2 Å². The first kappa shape index (κ1) is 23.7. The van der Waals surface area contributed by atoms with Crippen LogP contribution in [0.2, 0.25) is 0 Å². The number of pyridine rings is 1. The van der Waals surface area contributed by atoms with E-state index in [0.717, 1.165) is 21.2 Å². The molecular formula is C26H26F3N7O. The minimum absolute atomic E-state index is 0.0266. The maximum Gasteiger partial charge on any atom is 0.451 e. The molecular weight excluding hydrogens is 483 g/mol. The van der Waals surface area contributed by atoms with Crippen LogP contribution in [0.15, 0.2) is 18.2 Å². The van der Waals surface area contributed by atoms with E-state index in [2.05, 4.69) is 38.3 Å². The molecule has 4 heterocycles. The minimum atomic E-state index is -4.57. The van der Waals surface area contributed by atoms with Crippen molar-refractivity contribution in [1.82, 2.24) is 24.6 Å². The quantitative estimate of drug-likeness (QED) is 0.527. The Hall–Kier alpha value is -3.68. The van der Waals surface area contributed by atoms with Crippen molar-refractivity contribution in [2.75, 3.05) is 24.5 Å². The first-order valence-corrected chi connectivity index (χ1v) is 12.6. The Labute approximate surface area is 211 Å². The van der Waals surface area contributed by atoms with E-state index in [1.165, 1.54) is 18.4 Å². The fraction of sp³-hybridized carbons (Fsp3) is 0.500. The zero-order chi connectivity index (χ0) is 25.9. The molecule has 1 saturated heterocycles. The average Bonchev–Trinajstić information content (AvgIpc) is 3.64. The lowest BCUT2D eigenvalue weighted by Crippen LogP contribution is -2.45. The Balaban J connectivity index is 1.20. The summed E-state index contributed by atoms with van der Waals surface area (Å²) in [5.74, 6) is -0.562. The fourth-order valence-corrected chi connectivity index (χ4v) is 5.68. The highest BCUT2D eigenvalue weighted by atomic mass is 19.4. The van der Waals surface area contributed by atoms with Gasteiger partial charge in [-0.25, -0.2) is 0 Å². The van der Waals surface area contributed by atoms with E-state index < -0.39 is 12.0 Å². The lowest BCUT2D eigenvalue weighted by atomic mass is 9.93. The monoisotopic (exact) mass is 509 g/mol. The van der Waals surface area contributed by atoms with Crippen LogP contribution in [0.3, 0.4) is 0 Å². The molecule has 0 N–H and O–H groups in total. The SMILES string of the molecule is Cc1nc2ccc(C3CC3)cc2c(N2CCC(C(=O)N3CCn4c(nnc4C(F)(F)F)C3)CC2)c1C#N. The number of benzene rings is 1. The first-order chi connectivity index (χ1) is 17.7. The molecule has 3 aliphatic rings. The summed E-state index contributed by atoms with van der Waals surface area (Å²) in [5, 5.41) is 17.9. The molecule has 1 amide bonds. The normalized spacial score (nSPS) is 18.7. The highest BCUT2D eigenvalue weighted by molar-refractivity contribution is 5.96. The van der Waals surface area contributed by atoms with Crippen LogP contribution in [0.1, 0.15) is 60.1 Å². The van der Waals surface area contributed by atoms with Gasteiger partial charge in [0.2, 0.25) is 11.7 Å². The third kappa shape index (κ3) is 4.18. The third-order valence-corrected chi connectivity index (χ3v) is 7.80. The Morgan fingerprint density at radius 2 is 1.84 bits per heavy atom. The summed E-state index contributed by atoms with van der Waals surface area (Å²) in [6, 6.07) is 8.69. The van der Waals surface area contributed by atoms with Gasteiger partial charge in [-0.15, -0.1) is 10.2 Å². The molecule has 1 aliphatic carbocycles. The molecule has 0 bridgehead atoms. The molecule has 0 unspecified atom stereocenters. The number of amides is 1. The second-order valence-electron chi connectivity index (χ2n) is 10.2. The second kappa shape index (κ2) is 8.71. The van der Waals surface area contributed by atoms with Crippen LogP contribution in [0.25, 0.3) is 10.9 Å². The largest absolute Gasteiger partial charge is 0.451 e. The van der Waals surface area contributed by atoms with E-state index in [0.29, 0.717) is 43.1 Å². The number of nitriles is 1. The third-order valence-electron chi connectivity index (χ3n) is 7.80. The van der Waals surface area contributed by atoms with Gasteiger partial charge in [0.15, 0.2) is 5.82 Å². The maximum absolute atomic E-state index is 13.3. The number of alkyl halides is 3. The van der Waals surface area contributed by atoms with Crippen LogP contribution in [0.5, 0.6) is 0 Å². The Morgan fingerprint density at radius 1 is 1.08 bits per heavy atom. The number of nitrogens with zero attached hydrogens (tertiary/aromatic N) is 7. The molecule has 6 rings (SSSR count). The predicted octanol–water partition coefficient (Wildman–Crippen LogP) is 4.16. The molecule has 1 saturated carbocycles. The van der Waals surface area contributed by atoms with Crippen molar-refractivity contribution in [3.8, 4) is 6.07 Å². The number of aryl methyl sites for hydroxylation is 1. The molecule has 0 spiro atoms. The van der Waals surface area contributed by atoms with E-state index in [-0.39, 0.29) is 37.3 Å². The zero-order valence-corrected chi connectivity index (χ0v) is 20.4. The molecule has 37 heavy (non-hydrogen) atoms. The smallest absolute Gasteiger partial charge is 0.370 e. The van der Waals surface area contributed by atoms with Crippen LogP contribution in [0.4, 0.5) is 18.9 Å². The van der Waals surface area contributed by atoms with Crippen molar-refractivity contribution in [3.63, 3.8) is 0 Å². The number of anilines is 1. The molecule has 0 radical (unpaired) electrons. The molecule has 1 aromatic carbocycles. The number of aromatic nitrogens is 4. The van der Waals surface area contributed by atoms with Crippen molar-refractivity contribution < 1.29 is 18.0 Å². The summed E-state index contributed by atoms with van der Waals surface area (Å²) in [4.78, 5) is 21.7. The van der Waals surface area contributed by atoms with E-state index in [1.54, 1.807) is 4.90 Å². The Morgan fingerprint density at radius 3 is 2.51 bits per heavy atom. The van der Waals surface area contributed by atoms with Crippen molar-refractivity contribution in [1.29, 1.82) is 5.26 Å². The van der Waals surface area contributed by atoms with Crippen molar-refractivity contribution in [2.45, 2.75) is 57.8 Å². The second-order valence-corrected chi connectivity index (χ2v) is 10.2. The van der Waals surface area contributed by atoms with Crippen LogP contribution in [-0.2, 0) is 24.1 Å². The van der Waals surface area contributed by atoms with Gasteiger partial charge < -0.3 is 14.4 Å². The van der Waals surface area contributed by atoms with Gasteiger partial charge in [-0.3, -0.25) is 9.78 Å². The molecule has 0 atom stereocenters. The molecule has 8 nitrogen and oxygen atoms in total. The van der Waals surface area contributed by atoms with Crippen molar-refractivity contribution in [2.24, 2.45) is 5.92 Å². The Bertz CT molecular complexity index is 1430. The van der Waals surface area contributed by atoms with E-state index >= 15 is 0 Å². The van der Waals surface area contributed by atoms with Crippen LogP contribution in [0, 0.1) is 24.2 Å². The summed E-state index contributed by atoms with van der Waals surface area (Å²) < 4.78 is 40.5. The number of fused-ring (bicyclic) bond motifs is 2. The summed E-state index contributed by atoms with van der Waals surface area (Å²) in [6.45, 7) is 3.33. The van der Waals surface area contributed by atoms with Gasteiger partial charge >= 0.3 is 6.18 Å². The van der Waals surface area contributed by atoms with Gasteiger partial charge in [0.05, 0.1) is 29.0 Å². The van der Waals surface area contributed by atoms with Crippen molar-refractivity contribution in [3.05, 3.63) is 46.7 Å². The van der Waals surface area contributed by atoms with E-state index in [1.807, 2.05) is 13.0 Å². The molecule has 2 aliphatic heterocycles. The molecule has 11 heteroatoms. The van der Waals surface area contributed by atoms with Crippen LogP contribution < -0.4 is 4.90 Å². The van der Waals surface area contributed by atoms with Crippen molar-refractivity contribution >= 4 is 22.5 Å². The molecule has 3 aromatic rings. The summed E-state index contributed by atoms with van der Waals surface area (Å²) in [5.41, 5.74) is 4.30. The standard InChI is InChI=1S/C26H26F3N7O/c1-15-20(13-30)23(19-12-18(16-2-3-16)4-5-21(19)31-15)34-8-6-17(7-9-34)24(37)35-10-11-36-22(14-35)32-33-25(36)26(27,28)29/h4-5,12,16-17H,2-3,6-11,14H2,1H3. The van der Waals surface area contributed by atoms with E-state index in [9.17, 15) is 23.2 Å². The number of carbonyl (C=O) groups excluding carboxylic acids is 1. The minimum Gasteiger partial charge on any atom is -0.370 e. The van der Waals surface area contributed by atoms with Gasteiger partial charge in [-0.2, -0.15) is 18.4 Å². The van der Waals surface area contributed by atoms with Gasteiger partial charge in [0.25, 0.3) is 0 Å². The van der Waals surface area contributed by atoms with Crippen LogP contribution in [-0.4, -0.2) is 50.2 Å². The van der Waals surface area contributed by atoms with Crippen LogP contribution >= 0.6 is 0 Å². The molecule has 192 valence electrons. The summed E-state index contributed by atoms with van der Waals surface area (Å²) in [7, 11) is 0. The number of piperidine rings is 1. The predicted molar refractivity (Wildman–Crippen MR) is 129 cm³/mol. The average molecular weight is 510 g/mol. The number of hydrogen-bond acceptors (Lipinski definition) is 6. The Kier molecular flexibility index (Phi) is 5.58. The number of hydrogen-bond donors (Lipinski definition) is 0. The summed E-state index contributed by atoms with van der Waals surface area (Å²) >= 11 is 0. The lowest BCUT2D eigenvalue weighted by molar-refractivity contribution is -0.148. The first-order valence-electron chi connectivity index (χ1n) is 12.6. The summed E-state index contributed by atoms with van der Waals surface area (Å²) in [6.07, 6.45) is -0.995. The van der Waals surface area contributed by atoms with Gasteiger partial charge in [0, 0.05) is 37.5 Å². The highest BCUT2D eigenvalue weighted by Gasteiger charge is 2.40. The van der Waals surface area contributed by atoms with E-state index in [4.69, 9.17) is 0 Å². The fourth-order valence-electron chi connectivity index (χ4n) is 5.68. The maximum atomic E-state index is 13.3. The van der Waals surface area contributed by atoms with Gasteiger partial charge in [-0.1, -0.05) is 6.07 Å². The topological polar surface area (TPSA) is 90.9 Å². The number of carbonyl (C=O) groups is 1. The number of halogens is 3. The molecule has 2 aromatic heterocycles. The molecule has 2 fully saturated rings.